The first kappa shape index (κ1) is 17.0. The summed E-state index contributed by atoms with van der Waals surface area (Å²) in [5.74, 6) is 0.761. The number of imidazole rings is 1. The molecule has 1 aliphatic heterocycles. The minimum Gasteiger partial charge on any atom is -0.390 e. The first-order chi connectivity index (χ1) is 12.4. The second-order valence-corrected chi connectivity index (χ2v) is 7.92. The molecule has 2 atom stereocenters. The summed E-state index contributed by atoms with van der Waals surface area (Å²) in [5, 5.41) is 16.5. The van der Waals surface area contributed by atoms with Crippen molar-refractivity contribution >= 4 is 11.5 Å². The van der Waals surface area contributed by atoms with Gasteiger partial charge in [0.1, 0.15) is 11.5 Å². The molecule has 6 nitrogen and oxygen atoms in total. The third-order valence-corrected chi connectivity index (χ3v) is 4.90. The Labute approximate surface area is 153 Å². The molecule has 26 heavy (non-hydrogen) atoms. The van der Waals surface area contributed by atoms with E-state index >= 15 is 0 Å². The number of hydrogen-bond donors (Lipinski definition) is 3. The molecular weight excluding hydrogens is 326 g/mol. The summed E-state index contributed by atoms with van der Waals surface area (Å²) in [6.45, 7) is 7.95. The third kappa shape index (κ3) is 3.18. The molecule has 3 aromatic heterocycles. The highest BCUT2D eigenvalue weighted by atomic mass is 16.3. The Hall–Kier alpha value is -2.44. The smallest absolute Gasteiger partial charge is 0.137 e. The van der Waals surface area contributed by atoms with E-state index in [1.165, 1.54) is 5.56 Å². The molecule has 0 radical (unpaired) electrons. The van der Waals surface area contributed by atoms with E-state index in [-0.39, 0.29) is 11.5 Å². The van der Waals surface area contributed by atoms with Crippen molar-refractivity contribution in [3.63, 3.8) is 0 Å². The molecule has 0 bridgehead atoms. The minimum absolute atomic E-state index is 0.0209. The molecule has 3 aromatic rings. The molecule has 4 rings (SSSR count). The van der Waals surface area contributed by atoms with Crippen molar-refractivity contribution in [2.24, 2.45) is 0 Å². The number of nitrogens with zero attached hydrogens (tertiary/aromatic N) is 3. The molecule has 6 heteroatoms. The highest BCUT2D eigenvalue weighted by Gasteiger charge is 2.25. The molecule has 0 aliphatic carbocycles. The van der Waals surface area contributed by atoms with Crippen LogP contribution in [0.25, 0.3) is 17.0 Å². The van der Waals surface area contributed by atoms with E-state index in [2.05, 4.69) is 53.1 Å². The predicted molar refractivity (Wildman–Crippen MR) is 103 cm³/mol. The number of nitrogens with one attached hydrogen (secondary N) is 2. The normalized spacial score (nSPS) is 20.6. The average Bonchev–Trinajstić information content (AvgIpc) is 3.20. The molecule has 0 unspecified atom stereocenters. The van der Waals surface area contributed by atoms with Gasteiger partial charge in [-0.15, -0.1) is 0 Å². The first-order valence-corrected chi connectivity index (χ1v) is 9.02. The van der Waals surface area contributed by atoms with Gasteiger partial charge in [-0.3, -0.25) is 4.40 Å². The third-order valence-electron chi connectivity index (χ3n) is 4.90. The number of rotatable bonds is 3. The molecule has 4 heterocycles. The van der Waals surface area contributed by atoms with Crippen LogP contribution in [0.15, 0.2) is 42.7 Å². The molecular formula is C20H25N5O. The predicted octanol–water partition coefficient (Wildman–Crippen LogP) is 2.44. The number of β-amino-alcohol motifs (C(OH)–C–C–N with tert-alkyl or cyclic N) is 1. The SMILES string of the molecule is CC(C)(C)c1ccc2ncc(-c3cccc(N[C@H]4CNC[C@@H]4O)n3)n2c1. The van der Waals surface area contributed by atoms with Crippen LogP contribution >= 0.6 is 0 Å². The number of aromatic nitrogens is 3. The Morgan fingerprint density at radius 2 is 2.04 bits per heavy atom. The van der Waals surface area contributed by atoms with Crippen LogP contribution in [0.3, 0.4) is 0 Å². The van der Waals surface area contributed by atoms with E-state index in [0.29, 0.717) is 6.54 Å². The molecule has 0 saturated carbocycles. The highest BCUT2D eigenvalue weighted by Crippen LogP contribution is 2.26. The summed E-state index contributed by atoms with van der Waals surface area (Å²) in [7, 11) is 0. The number of pyridine rings is 2. The van der Waals surface area contributed by atoms with Crippen molar-refractivity contribution < 1.29 is 5.11 Å². The molecule has 1 saturated heterocycles. The number of aliphatic hydroxyl groups is 1. The van der Waals surface area contributed by atoms with Crippen molar-refractivity contribution in [2.75, 3.05) is 18.4 Å². The summed E-state index contributed by atoms with van der Waals surface area (Å²) >= 11 is 0. The monoisotopic (exact) mass is 351 g/mol. The van der Waals surface area contributed by atoms with E-state index in [0.717, 1.165) is 29.4 Å². The van der Waals surface area contributed by atoms with Crippen LogP contribution in [-0.4, -0.2) is 44.7 Å². The molecule has 1 fully saturated rings. The van der Waals surface area contributed by atoms with Crippen molar-refractivity contribution in [1.82, 2.24) is 19.7 Å². The van der Waals surface area contributed by atoms with E-state index in [1.54, 1.807) is 0 Å². The minimum atomic E-state index is -0.398. The molecule has 3 N–H and O–H groups in total. The molecule has 0 spiro atoms. The Morgan fingerprint density at radius 3 is 2.77 bits per heavy atom. The van der Waals surface area contributed by atoms with Gasteiger partial charge in [0, 0.05) is 19.3 Å². The maximum Gasteiger partial charge on any atom is 0.137 e. The second-order valence-electron chi connectivity index (χ2n) is 7.92. The van der Waals surface area contributed by atoms with Gasteiger partial charge >= 0.3 is 0 Å². The number of fused-ring (bicyclic) bond motifs is 1. The lowest BCUT2D eigenvalue weighted by Gasteiger charge is -2.19. The zero-order chi connectivity index (χ0) is 18.3. The van der Waals surface area contributed by atoms with Gasteiger partial charge in [0.05, 0.1) is 29.7 Å². The zero-order valence-corrected chi connectivity index (χ0v) is 15.4. The largest absolute Gasteiger partial charge is 0.390 e. The lowest BCUT2D eigenvalue weighted by Crippen LogP contribution is -2.32. The Bertz CT molecular complexity index is 927. The Kier molecular flexibility index (Phi) is 4.17. The van der Waals surface area contributed by atoms with E-state index in [1.807, 2.05) is 30.5 Å². The number of anilines is 1. The standard InChI is InChI=1S/C20H25N5O/c1-20(2,3)13-7-8-19-22-10-16(25(19)12-13)14-5-4-6-18(23-14)24-15-9-21-11-17(15)26/h4-8,10,12,15,17,21,26H,9,11H2,1-3H3,(H,23,24)/t15-,17-/m0/s1. The second kappa shape index (κ2) is 6.37. The lowest BCUT2D eigenvalue weighted by atomic mass is 9.88. The van der Waals surface area contributed by atoms with Gasteiger partial charge in [-0.05, 0) is 29.2 Å². The fourth-order valence-corrected chi connectivity index (χ4v) is 3.27. The topological polar surface area (TPSA) is 74.5 Å². The van der Waals surface area contributed by atoms with Gasteiger partial charge in [0.15, 0.2) is 0 Å². The summed E-state index contributed by atoms with van der Waals surface area (Å²) in [6, 6.07) is 10.1. The lowest BCUT2D eigenvalue weighted by molar-refractivity contribution is 0.185. The van der Waals surface area contributed by atoms with E-state index in [4.69, 9.17) is 4.98 Å². The summed E-state index contributed by atoms with van der Waals surface area (Å²) in [4.78, 5) is 9.26. The Morgan fingerprint density at radius 1 is 1.19 bits per heavy atom. The van der Waals surface area contributed by atoms with Crippen LogP contribution < -0.4 is 10.6 Å². The van der Waals surface area contributed by atoms with Gasteiger partial charge in [-0.2, -0.15) is 0 Å². The van der Waals surface area contributed by atoms with Crippen molar-refractivity contribution in [1.29, 1.82) is 0 Å². The van der Waals surface area contributed by atoms with Crippen molar-refractivity contribution in [3.8, 4) is 11.4 Å². The van der Waals surface area contributed by atoms with Gasteiger partial charge < -0.3 is 15.7 Å². The fraction of sp³-hybridized carbons (Fsp3) is 0.400. The summed E-state index contributed by atoms with van der Waals surface area (Å²) < 4.78 is 2.10. The molecule has 1 aliphatic rings. The molecule has 136 valence electrons. The summed E-state index contributed by atoms with van der Waals surface area (Å²) in [6.07, 6.45) is 3.61. The zero-order valence-electron chi connectivity index (χ0n) is 15.4. The maximum atomic E-state index is 9.98. The maximum absolute atomic E-state index is 9.98. The average molecular weight is 351 g/mol. The van der Waals surface area contributed by atoms with Gasteiger partial charge in [-0.1, -0.05) is 32.9 Å². The van der Waals surface area contributed by atoms with Crippen LogP contribution in [0, 0.1) is 0 Å². The van der Waals surface area contributed by atoms with Crippen LogP contribution in [0.5, 0.6) is 0 Å². The van der Waals surface area contributed by atoms with Gasteiger partial charge in [-0.25, -0.2) is 9.97 Å². The van der Waals surface area contributed by atoms with Crippen molar-refractivity contribution in [3.05, 3.63) is 48.3 Å². The Balaban J connectivity index is 1.70. The van der Waals surface area contributed by atoms with Gasteiger partial charge in [0.25, 0.3) is 0 Å². The molecule has 0 aromatic carbocycles. The molecule has 0 amide bonds. The van der Waals surface area contributed by atoms with E-state index < -0.39 is 6.10 Å². The first-order valence-electron chi connectivity index (χ1n) is 9.02. The van der Waals surface area contributed by atoms with Gasteiger partial charge in [0.2, 0.25) is 0 Å². The number of aliphatic hydroxyl groups excluding tert-OH is 1. The van der Waals surface area contributed by atoms with Crippen LogP contribution in [0.1, 0.15) is 26.3 Å². The van der Waals surface area contributed by atoms with E-state index in [9.17, 15) is 5.11 Å². The van der Waals surface area contributed by atoms with Crippen LogP contribution in [0.4, 0.5) is 5.82 Å². The number of hydrogen-bond acceptors (Lipinski definition) is 5. The van der Waals surface area contributed by atoms with Crippen LogP contribution in [0.2, 0.25) is 0 Å². The fourth-order valence-electron chi connectivity index (χ4n) is 3.27. The van der Waals surface area contributed by atoms with Crippen LogP contribution in [-0.2, 0) is 5.41 Å². The quantitative estimate of drug-likeness (QED) is 0.676. The summed E-state index contributed by atoms with van der Waals surface area (Å²) in [5.41, 5.74) is 4.04. The van der Waals surface area contributed by atoms with Crippen molar-refractivity contribution in [2.45, 2.75) is 38.3 Å². The highest BCUT2D eigenvalue weighted by molar-refractivity contribution is 5.62.